The highest BCUT2D eigenvalue weighted by molar-refractivity contribution is 9.10. The van der Waals surface area contributed by atoms with Gasteiger partial charge in [-0.25, -0.2) is 0 Å². The number of nitro benzene ring substituents is 1. The Labute approximate surface area is 118 Å². The predicted molar refractivity (Wildman–Crippen MR) is 74.5 cm³/mol. The van der Waals surface area contributed by atoms with Crippen LogP contribution in [0.4, 0.5) is 5.69 Å². The van der Waals surface area contributed by atoms with Crippen molar-refractivity contribution in [3.05, 3.63) is 56.3 Å². The van der Waals surface area contributed by atoms with E-state index < -0.39 is 0 Å². The average Bonchev–Trinajstić information content (AvgIpc) is 2.77. The van der Waals surface area contributed by atoms with Gasteiger partial charge < -0.3 is 5.32 Å². The SMILES string of the molecule is Cn1nccc1CNCc1ccc(Br)cc1[N+](=O)[O-]. The summed E-state index contributed by atoms with van der Waals surface area (Å²) in [6.45, 7) is 1.05. The van der Waals surface area contributed by atoms with E-state index in [9.17, 15) is 10.1 Å². The Kier molecular flexibility index (Phi) is 4.28. The summed E-state index contributed by atoms with van der Waals surface area (Å²) in [5.74, 6) is 0. The molecule has 2 aromatic rings. The average molecular weight is 325 g/mol. The minimum Gasteiger partial charge on any atom is -0.307 e. The minimum absolute atomic E-state index is 0.117. The fourth-order valence-corrected chi connectivity index (χ4v) is 2.11. The second-order valence-electron chi connectivity index (χ2n) is 4.08. The summed E-state index contributed by atoms with van der Waals surface area (Å²) in [6.07, 6.45) is 1.72. The first kappa shape index (κ1) is 13.7. The number of nitro groups is 1. The van der Waals surface area contributed by atoms with Crippen LogP contribution >= 0.6 is 15.9 Å². The summed E-state index contributed by atoms with van der Waals surface area (Å²) in [7, 11) is 1.86. The van der Waals surface area contributed by atoms with Crippen LogP contribution in [0.25, 0.3) is 0 Å². The number of benzene rings is 1. The van der Waals surface area contributed by atoms with Crippen LogP contribution in [0.5, 0.6) is 0 Å². The van der Waals surface area contributed by atoms with E-state index in [0.29, 0.717) is 23.1 Å². The van der Waals surface area contributed by atoms with Gasteiger partial charge in [0.15, 0.2) is 0 Å². The van der Waals surface area contributed by atoms with Crippen LogP contribution < -0.4 is 5.32 Å². The summed E-state index contributed by atoms with van der Waals surface area (Å²) in [5, 5.41) is 18.2. The fourth-order valence-electron chi connectivity index (χ4n) is 1.76. The third-order valence-electron chi connectivity index (χ3n) is 2.79. The first-order valence-corrected chi connectivity index (χ1v) is 6.47. The number of rotatable bonds is 5. The van der Waals surface area contributed by atoms with Crippen LogP contribution in [0.1, 0.15) is 11.3 Å². The highest BCUT2D eigenvalue weighted by atomic mass is 79.9. The van der Waals surface area contributed by atoms with Gasteiger partial charge in [-0.1, -0.05) is 15.9 Å². The number of aromatic nitrogens is 2. The molecule has 19 heavy (non-hydrogen) atoms. The fraction of sp³-hybridized carbons (Fsp3) is 0.250. The van der Waals surface area contributed by atoms with Crippen LogP contribution in [-0.4, -0.2) is 14.7 Å². The van der Waals surface area contributed by atoms with Crippen LogP contribution in [0.3, 0.4) is 0 Å². The first-order valence-electron chi connectivity index (χ1n) is 5.68. The summed E-state index contributed by atoms with van der Waals surface area (Å²) in [6, 6.07) is 6.97. The lowest BCUT2D eigenvalue weighted by Crippen LogP contribution is -2.16. The van der Waals surface area contributed by atoms with Gasteiger partial charge in [-0.15, -0.1) is 0 Å². The molecule has 1 aromatic carbocycles. The van der Waals surface area contributed by atoms with Crippen LogP contribution in [0.2, 0.25) is 0 Å². The van der Waals surface area contributed by atoms with Crippen molar-refractivity contribution < 1.29 is 4.92 Å². The van der Waals surface area contributed by atoms with Crippen LogP contribution in [0.15, 0.2) is 34.9 Å². The molecule has 0 bridgehead atoms. The van der Waals surface area contributed by atoms with Crippen molar-refractivity contribution in [2.45, 2.75) is 13.1 Å². The highest BCUT2D eigenvalue weighted by Crippen LogP contribution is 2.23. The second kappa shape index (κ2) is 5.94. The Balaban J connectivity index is 2.03. The minimum atomic E-state index is -0.369. The Hall–Kier alpha value is -1.73. The predicted octanol–water partition coefficient (Wildman–Crippen LogP) is 2.38. The molecule has 0 atom stereocenters. The van der Waals surface area contributed by atoms with Gasteiger partial charge in [0.1, 0.15) is 0 Å². The third kappa shape index (κ3) is 3.39. The maximum absolute atomic E-state index is 11.0. The first-order chi connectivity index (χ1) is 9.08. The Morgan fingerprint density at radius 3 is 2.84 bits per heavy atom. The highest BCUT2D eigenvalue weighted by Gasteiger charge is 2.13. The Bertz CT molecular complexity index is 597. The molecule has 100 valence electrons. The van der Waals surface area contributed by atoms with E-state index in [0.717, 1.165) is 5.69 Å². The van der Waals surface area contributed by atoms with Gasteiger partial charge in [0.2, 0.25) is 0 Å². The molecule has 0 amide bonds. The smallest absolute Gasteiger partial charge is 0.275 e. The molecule has 7 heteroatoms. The topological polar surface area (TPSA) is 73.0 Å². The standard InChI is InChI=1S/C12H13BrN4O2/c1-16-11(4-5-15-16)8-14-7-9-2-3-10(13)6-12(9)17(18)19/h2-6,14H,7-8H2,1H3. The largest absolute Gasteiger partial charge is 0.307 e. The number of nitrogens with zero attached hydrogens (tertiary/aromatic N) is 3. The summed E-state index contributed by atoms with van der Waals surface area (Å²) in [5.41, 5.74) is 1.81. The number of nitrogens with one attached hydrogen (secondary N) is 1. The van der Waals surface area contributed by atoms with E-state index in [4.69, 9.17) is 0 Å². The van der Waals surface area contributed by atoms with E-state index in [2.05, 4.69) is 26.3 Å². The molecule has 1 aromatic heterocycles. The molecular weight excluding hydrogens is 312 g/mol. The normalized spacial score (nSPS) is 10.6. The van der Waals surface area contributed by atoms with Gasteiger partial charge in [-0.05, 0) is 18.2 Å². The van der Waals surface area contributed by atoms with E-state index in [1.54, 1.807) is 23.0 Å². The Morgan fingerprint density at radius 2 is 2.21 bits per heavy atom. The number of hydrogen-bond acceptors (Lipinski definition) is 4. The zero-order valence-corrected chi connectivity index (χ0v) is 11.9. The molecule has 1 N–H and O–H groups in total. The number of halogens is 1. The molecule has 0 spiro atoms. The maximum atomic E-state index is 11.0. The molecular formula is C12H13BrN4O2. The monoisotopic (exact) mass is 324 g/mol. The molecule has 1 heterocycles. The van der Waals surface area contributed by atoms with E-state index in [-0.39, 0.29) is 10.6 Å². The molecule has 0 aliphatic carbocycles. The van der Waals surface area contributed by atoms with Crippen molar-refractivity contribution in [2.24, 2.45) is 7.05 Å². The van der Waals surface area contributed by atoms with Crippen molar-refractivity contribution in [1.29, 1.82) is 0 Å². The molecule has 0 unspecified atom stereocenters. The van der Waals surface area contributed by atoms with E-state index in [1.165, 1.54) is 6.07 Å². The van der Waals surface area contributed by atoms with Crippen molar-refractivity contribution in [3.8, 4) is 0 Å². The number of hydrogen-bond donors (Lipinski definition) is 1. The van der Waals surface area contributed by atoms with E-state index in [1.807, 2.05) is 13.1 Å². The second-order valence-corrected chi connectivity index (χ2v) is 5.00. The van der Waals surface area contributed by atoms with Gasteiger partial charge in [-0.2, -0.15) is 5.10 Å². The quantitative estimate of drug-likeness (QED) is 0.677. The van der Waals surface area contributed by atoms with Gasteiger partial charge in [0.05, 0.1) is 10.6 Å². The van der Waals surface area contributed by atoms with Crippen LogP contribution in [0, 0.1) is 10.1 Å². The van der Waals surface area contributed by atoms with Crippen molar-refractivity contribution in [1.82, 2.24) is 15.1 Å². The van der Waals surface area contributed by atoms with Crippen LogP contribution in [-0.2, 0) is 20.1 Å². The van der Waals surface area contributed by atoms with Crippen molar-refractivity contribution in [2.75, 3.05) is 0 Å². The third-order valence-corrected chi connectivity index (χ3v) is 3.28. The Morgan fingerprint density at radius 1 is 1.42 bits per heavy atom. The van der Waals surface area contributed by atoms with Gasteiger partial charge in [0.25, 0.3) is 5.69 Å². The molecule has 0 saturated heterocycles. The summed E-state index contributed by atoms with van der Waals surface area (Å²) >= 11 is 3.24. The summed E-state index contributed by atoms with van der Waals surface area (Å²) in [4.78, 5) is 10.6. The molecule has 0 aliphatic heterocycles. The lowest BCUT2D eigenvalue weighted by Gasteiger charge is -2.06. The lowest BCUT2D eigenvalue weighted by atomic mass is 10.2. The molecule has 0 fully saturated rings. The molecule has 0 saturated carbocycles. The van der Waals surface area contributed by atoms with Crippen molar-refractivity contribution >= 4 is 21.6 Å². The lowest BCUT2D eigenvalue weighted by molar-refractivity contribution is -0.385. The molecule has 2 rings (SSSR count). The zero-order valence-electron chi connectivity index (χ0n) is 10.3. The van der Waals surface area contributed by atoms with Crippen molar-refractivity contribution in [3.63, 3.8) is 0 Å². The zero-order chi connectivity index (χ0) is 13.8. The maximum Gasteiger partial charge on any atom is 0.275 e. The van der Waals surface area contributed by atoms with E-state index >= 15 is 0 Å². The van der Waals surface area contributed by atoms with Gasteiger partial charge in [-0.3, -0.25) is 14.8 Å². The van der Waals surface area contributed by atoms with Gasteiger partial charge in [0, 0.05) is 42.4 Å². The summed E-state index contributed by atoms with van der Waals surface area (Å²) < 4.78 is 2.47. The molecule has 0 radical (unpaired) electrons. The number of aryl methyl sites for hydroxylation is 1. The molecule has 6 nitrogen and oxygen atoms in total. The van der Waals surface area contributed by atoms with Gasteiger partial charge >= 0.3 is 0 Å². The molecule has 0 aliphatic rings.